The van der Waals surface area contributed by atoms with Crippen LogP contribution in [-0.4, -0.2) is 25.1 Å². The van der Waals surface area contributed by atoms with E-state index in [1.165, 1.54) is 0 Å². The van der Waals surface area contributed by atoms with Gasteiger partial charge in [0.15, 0.2) is 11.6 Å². The lowest BCUT2D eigenvalue weighted by atomic mass is 10.2. The number of nitrogen functional groups attached to an aromatic ring is 1. The van der Waals surface area contributed by atoms with E-state index in [0.717, 1.165) is 11.3 Å². The van der Waals surface area contributed by atoms with E-state index in [0.29, 0.717) is 29.1 Å². The number of anilines is 1. The third kappa shape index (κ3) is 2.35. The summed E-state index contributed by atoms with van der Waals surface area (Å²) in [6, 6.07) is 7.17. The Morgan fingerprint density at radius 1 is 1.30 bits per heavy atom. The molecule has 0 saturated carbocycles. The minimum Gasteiger partial charge on any atom is -0.381 e. The molecule has 3 aromatic rings. The molecule has 2 N–H and O–H groups in total. The molecular weight excluding hydrogens is 280 g/mol. The summed E-state index contributed by atoms with van der Waals surface area (Å²) < 4.78 is 6.83. The molecule has 0 fully saturated rings. The fraction of sp³-hybridized carbons (Fsp3) is 0.167. The van der Waals surface area contributed by atoms with Crippen molar-refractivity contribution in [1.82, 2.24) is 25.1 Å². The maximum atomic E-state index is 5.83. The molecule has 7 nitrogen and oxygen atoms in total. The SMILES string of the molecule is Cc1c(N)nnn1Cc1noc(-c2ccc(Cl)cc2)n1. The van der Waals surface area contributed by atoms with Crippen molar-refractivity contribution >= 4 is 17.4 Å². The average Bonchev–Trinajstić information content (AvgIpc) is 3.02. The summed E-state index contributed by atoms with van der Waals surface area (Å²) in [5.74, 6) is 1.33. The molecule has 20 heavy (non-hydrogen) atoms. The van der Waals surface area contributed by atoms with Crippen LogP contribution in [0.25, 0.3) is 11.5 Å². The topological polar surface area (TPSA) is 95.7 Å². The van der Waals surface area contributed by atoms with Gasteiger partial charge < -0.3 is 10.3 Å². The molecule has 0 saturated heterocycles. The number of nitrogens with zero attached hydrogens (tertiary/aromatic N) is 5. The number of hydrogen-bond donors (Lipinski definition) is 1. The molecule has 1 aromatic carbocycles. The number of benzene rings is 1. The van der Waals surface area contributed by atoms with Crippen molar-refractivity contribution < 1.29 is 4.52 Å². The minimum atomic E-state index is 0.354. The highest BCUT2D eigenvalue weighted by molar-refractivity contribution is 6.30. The van der Waals surface area contributed by atoms with Crippen molar-refractivity contribution in [2.45, 2.75) is 13.5 Å². The average molecular weight is 291 g/mol. The van der Waals surface area contributed by atoms with Crippen LogP contribution in [0, 0.1) is 6.92 Å². The first-order valence-corrected chi connectivity index (χ1v) is 6.25. The van der Waals surface area contributed by atoms with E-state index in [-0.39, 0.29) is 0 Å². The van der Waals surface area contributed by atoms with Gasteiger partial charge in [0.05, 0.1) is 5.69 Å². The Hall–Kier alpha value is -2.41. The van der Waals surface area contributed by atoms with Crippen LogP contribution >= 0.6 is 11.6 Å². The molecule has 8 heteroatoms. The van der Waals surface area contributed by atoms with E-state index < -0.39 is 0 Å². The third-order valence-corrected chi connectivity index (χ3v) is 3.12. The number of nitrogens with two attached hydrogens (primary N) is 1. The standard InChI is InChI=1S/C12H11ClN6O/c1-7-11(14)16-18-19(7)6-10-15-12(20-17-10)8-2-4-9(13)5-3-8/h2-5H,6,14H2,1H3. The lowest BCUT2D eigenvalue weighted by molar-refractivity contribution is 0.418. The Labute approximate surface area is 119 Å². The molecule has 0 spiro atoms. The van der Waals surface area contributed by atoms with Crippen LogP contribution in [0.3, 0.4) is 0 Å². The quantitative estimate of drug-likeness (QED) is 0.791. The predicted octanol–water partition coefficient (Wildman–Crippen LogP) is 1.92. The fourth-order valence-corrected chi connectivity index (χ4v) is 1.81. The van der Waals surface area contributed by atoms with Gasteiger partial charge in [-0.25, -0.2) is 4.68 Å². The zero-order valence-electron chi connectivity index (χ0n) is 10.6. The second kappa shape index (κ2) is 4.93. The number of halogens is 1. The fourth-order valence-electron chi connectivity index (χ4n) is 1.69. The number of hydrogen-bond acceptors (Lipinski definition) is 6. The van der Waals surface area contributed by atoms with Gasteiger partial charge in [-0.1, -0.05) is 22.0 Å². The summed E-state index contributed by atoms with van der Waals surface area (Å²) in [7, 11) is 0. The maximum absolute atomic E-state index is 5.83. The molecule has 0 unspecified atom stereocenters. The van der Waals surface area contributed by atoms with Crippen LogP contribution in [-0.2, 0) is 6.54 Å². The van der Waals surface area contributed by atoms with Crippen molar-refractivity contribution in [2.75, 3.05) is 5.73 Å². The van der Waals surface area contributed by atoms with Gasteiger partial charge in [-0.2, -0.15) is 4.98 Å². The van der Waals surface area contributed by atoms with E-state index >= 15 is 0 Å². The van der Waals surface area contributed by atoms with Gasteiger partial charge in [-0.3, -0.25) is 0 Å². The Morgan fingerprint density at radius 2 is 2.05 bits per heavy atom. The largest absolute Gasteiger partial charge is 0.381 e. The van der Waals surface area contributed by atoms with Gasteiger partial charge >= 0.3 is 0 Å². The van der Waals surface area contributed by atoms with Gasteiger partial charge in [0.1, 0.15) is 6.54 Å². The van der Waals surface area contributed by atoms with Crippen LogP contribution in [0.2, 0.25) is 5.02 Å². The van der Waals surface area contributed by atoms with E-state index in [9.17, 15) is 0 Å². The normalized spacial score (nSPS) is 10.9. The summed E-state index contributed by atoms with van der Waals surface area (Å²) in [5, 5.41) is 12.3. The first-order chi connectivity index (χ1) is 9.63. The molecule has 0 aliphatic carbocycles. The third-order valence-electron chi connectivity index (χ3n) is 2.87. The number of rotatable bonds is 3. The second-order valence-electron chi connectivity index (χ2n) is 4.24. The van der Waals surface area contributed by atoms with Gasteiger partial charge in [0.2, 0.25) is 0 Å². The molecule has 0 aliphatic heterocycles. The van der Waals surface area contributed by atoms with Crippen molar-refractivity contribution in [3.05, 3.63) is 40.8 Å². The van der Waals surface area contributed by atoms with Crippen LogP contribution in [0.4, 0.5) is 5.82 Å². The highest BCUT2D eigenvalue weighted by Crippen LogP contribution is 2.20. The lowest BCUT2D eigenvalue weighted by Crippen LogP contribution is -2.05. The van der Waals surface area contributed by atoms with Crippen molar-refractivity contribution in [1.29, 1.82) is 0 Å². The molecule has 0 aliphatic rings. The summed E-state index contributed by atoms with van der Waals surface area (Å²) in [5.41, 5.74) is 7.21. The van der Waals surface area contributed by atoms with Gasteiger partial charge in [-0.15, -0.1) is 5.10 Å². The monoisotopic (exact) mass is 290 g/mol. The molecule has 0 atom stereocenters. The van der Waals surface area contributed by atoms with E-state index in [2.05, 4.69) is 20.5 Å². The molecule has 2 heterocycles. The molecule has 0 amide bonds. The van der Waals surface area contributed by atoms with Crippen molar-refractivity contribution in [2.24, 2.45) is 0 Å². The summed E-state index contributed by atoms with van der Waals surface area (Å²) in [6.07, 6.45) is 0. The highest BCUT2D eigenvalue weighted by Gasteiger charge is 2.12. The zero-order chi connectivity index (χ0) is 14.1. The Balaban J connectivity index is 1.83. The van der Waals surface area contributed by atoms with Crippen molar-refractivity contribution in [3.8, 4) is 11.5 Å². The zero-order valence-corrected chi connectivity index (χ0v) is 11.4. The van der Waals surface area contributed by atoms with Crippen molar-refractivity contribution in [3.63, 3.8) is 0 Å². The Kier molecular flexibility index (Phi) is 3.11. The number of aromatic nitrogens is 5. The second-order valence-corrected chi connectivity index (χ2v) is 4.68. The van der Waals surface area contributed by atoms with Gasteiger partial charge in [0, 0.05) is 10.6 Å². The van der Waals surface area contributed by atoms with Crippen LogP contribution in [0.5, 0.6) is 0 Å². The Morgan fingerprint density at radius 3 is 2.70 bits per heavy atom. The smallest absolute Gasteiger partial charge is 0.257 e. The van der Waals surface area contributed by atoms with Gasteiger partial charge in [-0.05, 0) is 31.2 Å². The maximum Gasteiger partial charge on any atom is 0.257 e. The van der Waals surface area contributed by atoms with E-state index in [4.69, 9.17) is 21.9 Å². The molecule has 102 valence electrons. The van der Waals surface area contributed by atoms with E-state index in [1.807, 2.05) is 19.1 Å². The highest BCUT2D eigenvalue weighted by atomic mass is 35.5. The first-order valence-electron chi connectivity index (χ1n) is 5.87. The summed E-state index contributed by atoms with van der Waals surface area (Å²) in [4.78, 5) is 4.31. The molecule has 0 bridgehead atoms. The Bertz CT molecular complexity index is 733. The summed E-state index contributed by atoms with van der Waals surface area (Å²) >= 11 is 5.83. The molecular formula is C12H11ClN6O. The van der Waals surface area contributed by atoms with Gasteiger partial charge in [0.25, 0.3) is 5.89 Å². The molecule has 2 aromatic heterocycles. The van der Waals surface area contributed by atoms with E-state index in [1.54, 1.807) is 16.8 Å². The summed E-state index contributed by atoms with van der Waals surface area (Å²) in [6.45, 7) is 2.18. The lowest BCUT2D eigenvalue weighted by Gasteiger charge is -1.97. The van der Waals surface area contributed by atoms with Crippen LogP contribution in [0.15, 0.2) is 28.8 Å². The predicted molar refractivity (Wildman–Crippen MR) is 73.0 cm³/mol. The first kappa shape index (κ1) is 12.6. The van der Waals surface area contributed by atoms with Crippen LogP contribution < -0.4 is 5.73 Å². The minimum absolute atomic E-state index is 0.354. The van der Waals surface area contributed by atoms with Crippen LogP contribution in [0.1, 0.15) is 11.5 Å². The molecule has 3 rings (SSSR count). The molecule has 0 radical (unpaired) electrons.